The third kappa shape index (κ3) is 4.78. The van der Waals surface area contributed by atoms with E-state index in [1.165, 1.54) is 0 Å². The third-order valence-electron chi connectivity index (χ3n) is 7.73. The van der Waals surface area contributed by atoms with E-state index in [4.69, 9.17) is 14.3 Å². The number of hydrogen-bond acceptors (Lipinski definition) is 5. The fraction of sp³-hybridized carbons (Fsp3) is 0.182. The number of nitrogens with zero attached hydrogens (tertiary/aromatic N) is 3. The van der Waals surface area contributed by atoms with E-state index in [0.29, 0.717) is 11.6 Å². The van der Waals surface area contributed by atoms with Gasteiger partial charge in [0.15, 0.2) is 11.6 Å². The van der Waals surface area contributed by atoms with Crippen LogP contribution in [0.4, 0.5) is 0 Å². The van der Waals surface area contributed by atoms with Gasteiger partial charge in [0.25, 0.3) is 0 Å². The second kappa shape index (κ2) is 9.88. The van der Waals surface area contributed by atoms with Crippen LogP contribution in [0.25, 0.3) is 45.0 Å². The summed E-state index contributed by atoms with van der Waals surface area (Å²) in [7, 11) is -0.564. The molecule has 0 N–H and O–H groups in total. The zero-order chi connectivity index (χ0) is 27.0. The Kier molecular flexibility index (Phi) is 6.38. The average molecular weight is 511 g/mol. The number of rotatable bonds is 5. The standard InChI is InChI=1S/C33H30BN3O2/c1-32(2)33(3,4)39-34(38-32)29-21-25(23-13-7-5-8-14-23)19-20-28(29)31-36-22-35-30(37-31)27-18-12-11-17-26(27)24-15-9-6-10-16-24/h5-22H,1-4H3. The predicted molar refractivity (Wildman–Crippen MR) is 157 cm³/mol. The van der Waals surface area contributed by atoms with Gasteiger partial charge in [-0.05, 0) is 55.4 Å². The maximum atomic E-state index is 6.50. The Morgan fingerprint density at radius 3 is 1.72 bits per heavy atom. The molecule has 0 spiro atoms. The minimum absolute atomic E-state index is 0.476. The van der Waals surface area contributed by atoms with Gasteiger partial charge >= 0.3 is 7.12 Å². The predicted octanol–water partition coefficient (Wildman–Crippen LogP) is 6.84. The van der Waals surface area contributed by atoms with E-state index in [1.54, 1.807) is 6.33 Å². The molecule has 5 nitrogen and oxygen atoms in total. The molecule has 1 saturated heterocycles. The van der Waals surface area contributed by atoms with E-state index in [2.05, 4.69) is 92.3 Å². The minimum atomic E-state index is -0.564. The summed E-state index contributed by atoms with van der Waals surface area (Å²) in [5, 5.41) is 0. The lowest BCUT2D eigenvalue weighted by atomic mass is 9.74. The Hall–Kier alpha value is -4.13. The first kappa shape index (κ1) is 25.2. The lowest BCUT2D eigenvalue weighted by molar-refractivity contribution is 0.00578. The lowest BCUT2D eigenvalue weighted by Crippen LogP contribution is -2.41. The van der Waals surface area contributed by atoms with Gasteiger partial charge in [-0.25, -0.2) is 15.0 Å². The van der Waals surface area contributed by atoms with Gasteiger partial charge in [-0.15, -0.1) is 0 Å². The van der Waals surface area contributed by atoms with E-state index in [0.717, 1.165) is 38.8 Å². The summed E-state index contributed by atoms with van der Waals surface area (Å²) < 4.78 is 13.0. The summed E-state index contributed by atoms with van der Waals surface area (Å²) >= 11 is 0. The van der Waals surface area contributed by atoms with Crippen LogP contribution in [-0.4, -0.2) is 33.3 Å². The maximum absolute atomic E-state index is 6.50. The summed E-state index contributed by atoms with van der Waals surface area (Å²) in [5.41, 5.74) is 6.12. The van der Waals surface area contributed by atoms with Crippen LogP contribution >= 0.6 is 0 Å². The van der Waals surface area contributed by atoms with Gasteiger partial charge in [0.2, 0.25) is 0 Å². The molecule has 0 unspecified atom stereocenters. The molecule has 0 bridgehead atoms. The summed E-state index contributed by atoms with van der Waals surface area (Å²) in [4.78, 5) is 14.2. The number of hydrogen-bond donors (Lipinski definition) is 0. The Labute approximate surface area is 230 Å². The lowest BCUT2D eigenvalue weighted by Gasteiger charge is -2.32. The molecule has 0 amide bonds. The van der Waals surface area contributed by atoms with Gasteiger partial charge in [0, 0.05) is 11.1 Å². The van der Waals surface area contributed by atoms with Crippen molar-refractivity contribution in [3.63, 3.8) is 0 Å². The molecular weight excluding hydrogens is 481 g/mol. The molecule has 1 aliphatic rings. The van der Waals surface area contributed by atoms with Gasteiger partial charge in [-0.3, -0.25) is 0 Å². The molecule has 0 atom stereocenters. The van der Waals surface area contributed by atoms with Crippen LogP contribution in [0.3, 0.4) is 0 Å². The average Bonchev–Trinajstić information content (AvgIpc) is 3.20. The zero-order valence-corrected chi connectivity index (χ0v) is 22.6. The van der Waals surface area contributed by atoms with Crippen LogP contribution in [0.5, 0.6) is 0 Å². The highest BCUT2D eigenvalue weighted by molar-refractivity contribution is 6.64. The Morgan fingerprint density at radius 2 is 1.08 bits per heavy atom. The Morgan fingerprint density at radius 1 is 0.538 bits per heavy atom. The highest BCUT2D eigenvalue weighted by atomic mass is 16.7. The van der Waals surface area contributed by atoms with Gasteiger partial charge in [0.05, 0.1) is 11.2 Å². The van der Waals surface area contributed by atoms with Crippen molar-refractivity contribution in [2.75, 3.05) is 0 Å². The summed E-state index contributed by atoms with van der Waals surface area (Å²) in [6, 6.07) is 35.1. The SMILES string of the molecule is CC1(C)OB(c2cc(-c3ccccc3)ccc2-c2ncnc(-c3ccccc3-c3ccccc3)n2)OC1(C)C. The van der Waals surface area contributed by atoms with Crippen molar-refractivity contribution in [2.45, 2.75) is 38.9 Å². The second-order valence-corrected chi connectivity index (χ2v) is 10.8. The van der Waals surface area contributed by atoms with Crippen LogP contribution in [0.2, 0.25) is 0 Å². The van der Waals surface area contributed by atoms with Crippen molar-refractivity contribution in [1.29, 1.82) is 0 Å². The minimum Gasteiger partial charge on any atom is -0.399 e. The van der Waals surface area contributed by atoms with Gasteiger partial charge in [-0.1, -0.05) is 103 Å². The third-order valence-corrected chi connectivity index (χ3v) is 7.73. The largest absolute Gasteiger partial charge is 0.495 e. The Bertz CT molecular complexity index is 1610. The van der Waals surface area contributed by atoms with Gasteiger partial charge < -0.3 is 9.31 Å². The second-order valence-electron chi connectivity index (χ2n) is 10.8. The molecule has 0 saturated carbocycles. The van der Waals surface area contributed by atoms with Crippen molar-refractivity contribution in [2.24, 2.45) is 0 Å². The molecule has 1 aromatic heterocycles. The van der Waals surface area contributed by atoms with Crippen LogP contribution in [0, 0.1) is 0 Å². The molecule has 1 aliphatic heterocycles. The number of benzene rings is 4. The van der Waals surface area contributed by atoms with Crippen LogP contribution in [-0.2, 0) is 9.31 Å². The molecule has 4 aromatic carbocycles. The van der Waals surface area contributed by atoms with Crippen molar-refractivity contribution >= 4 is 12.6 Å². The van der Waals surface area contributed by atoms with Crippen LogP contribution < -0.4 is 5.46 Å². The van der Waals surface area contributed by atoms with Crippen molar-refractivity contribution in [3.05, 3.63) is 109 Å². The molecule has 2 heterocycles. The molecule has 6 rings (SSSR count). The fourth-order valence-corrected chi connectivity index (χ4v) is 4.84. The summed E-state index contributed by atoms with van der Waals surface area (Å²) in [6.45, 7) is 8.26. The molecule has 192 valence electrons. The normalized spacial score (nSPS) is 15.8. The molecule has 0 radical (unpaired) electrons. The van der Waals surface area contributed by atoms with E-state index in [-0.39, 0.29) is 0 Å². The first-order valence-corrected chi connectivity index (χ1v) is 13.2. The number of aromatic nitrogens is 3. The molecule has 1 fully saturated rings. The molecule has 5 aromatic rings. The molecule has 6 heteroatoms. The van der Waals surface area contributed by atoms with Gasteiger partial charge in [0.1, 0.15) is 6.33 Å². The highest BCUT2D eigenvalue weighted by Crippen LogP contribution is 2.38. The van der Waals surface area contributed by atoms with Crippen molar-refractivity contribution in [3.8, 4) is 45.0 Å². The smallest absolute Gasteiger partial charge is 0.399 e. The first-order valence-electron chi connectivity index (χ1n) is 13.2. The topological polar surface area (TPSA) is 57.1 Å². The summed E-state index contributed by atoms with van der Waals surface area (Å²) in [5.74, 6) is 1.19. The van der Waals surface area contributed by atoms with Gasteiger partial charge in [-0.2, -0.15) is 0 Å². The fourth-order valence-electron chi connectivity index (χ4n) is 4.84. The van der Waals surface area contributed by atoms with Crippen LogP contribution in [0.1, 0.15) is 27.7 Å². The maximum Gasteiger partial charge on any atom is 0.495 e. The van der Waals surface area contributed by atoms with E-state index in [1.807, 2.05) is 48.5 Å². The molecular formula is C33H30BN3O2. The van der Waals surface area contributed by atoms with Crippen molar-refractivity contribution < 1.29 is 9.31 Å². The molecule has 0 aliphatic carbocycles. The summed E-state index contributed by atoms with van der Waals surface area (Å²) in [6.07, 6.45) is 1.58. The van der Waals surface area contributed by atoms with E-state index < -0.39 is 18.3 Å². The van der Waals surface area contributed by atoms with Crippen molar-refractivity contribution in [1.82, 2.24) is 15.0 Å². The monoisotopic (exact) mass is 511 g/mol. The zero-order valence-electron chi connectivity index (χ0n) is 22.6. The quantitative estimate of drug-likeness (QED) is 0.242. The van der Waals surface area contributed by atoms with E-state index in [9.17, 15) is 0 Å². The first-order chi connectivity index (χ1) is 18.8. The molecule has 39 heavy (non-hydrogen) atoms. The Balaban J connectivity index is 1.48. The van der Waals surface area contributed by atoms with Crippen LogP contribution in [0.15, 0.2) is 109 Å². The van der Waals surface area contributed by atoms with E-state index >= 15 is 0 Å². The highest BCUT2D eigenvalue weighted by Gasteiger charge is 2.52.